The van der Waals surface area contributed by atoms with Crippen molar-refractivity contribution in [1.29, 1.82) is 0 Å². The van der Waals surface area contributed by atoms with Crippen LogP contribution >= 0.6 is 0 Å². The summed E-state index contributed by atoms with van der Waals surface area (Å²) in [5.41, 5.74) is 6.65. The molecule has 1 amide bonds. The van der Waals surface area contributed by atoms with E-state index in [0.29, 0.717) is 5.92 Å². The molecular weight excluding hydrogens is 532 g/mol. The number of rotatable bonds is 6. The van der Waals surface area contributed by atoms with Gasteiger partial charge in [0.25, 0.3) is 16.0 Å². The van der Waals surface area contributed by atoms with Gasteiger partial charge in [0, 0.05) is 24.9 Å². The van der Waals surface area contributed by atoms with Crippen LogP contribution in [0.5, 0.6) is 0 Å². The second kappa shape index (κ2) is 13.5. The highest BCUT2D eigenvalue weighted by atomic mass is 32.2. The second-order valence-corrected chi connectivity index (χ2v) is 11.9. The molecule has 0 spiro atoms. The molecule has 4 aromatic carbocycles. The van der Waals surface area contributed by atoms with E-state index < -0.39 is 10.1 Å². The van der Waals surface area contributed by atoms with E-state index in [-0.39, 0.29) is 10.8 Å². The zero-order valence-electron chi connectivity index (χ0n) is 23.6. The van der Waals surface area contributed by atoms with Gasteiger partial charge in [0.1, 0.15) is 0 Å². The van der Waals surface area contributed by atoms with E-state index in [2.05, 4.69) is 73.6 Å². The van der Waals surface area contributed by atoms with Crippen LogP contribution in [-0.4, -0.2) is 51.0 Å². The van der Waals surface area contributed by atoms with Gasteiger partial charge in [-0.25, -0.2) is 0 Å². The van der Waals surface area contributed by atoms with Crippen LogP contribution in [0.1, 0.15) is 16.7 Å². The molecule has 0 saturated heterocycles. The SMILES string of the molecule is CN(C)CC1Cc2ccccc2N(C(=O)/C=C/c2ccc(-c3ccccc3)cc2)C1.Cc1ccc(S(=O)(=O)O)cc1. The number of carbonyl (C=O) groups excluding carboxylic acids is 1. The van der Waals surface area contributed by atoms with Crippen molar-refractivity contribution in [3.05, 3.63) is 126 Å². The summed E-state index contributed by atoms with van der Waals surface area (Å²) >= 11 is 0. The summed E-state index contributed by atoms with van der Waals surface area (Å²) in [5.74, 6) is 0.482. The third kappa shape index (κ3) is 8.47. The van der Waals surface area contributed by atoms with E-state index in [4.69, 9.17) is 4.55 Å². The van der Waals surface area contributed by atoms with Crippen LogP contribution in [0.15, 0.2) is 114 Å². The van der Waals surface area contributed by atoms with Crippen molar-refractivity contribution in [2.24, 2.45) is 5.92 Å². The summed E-state index contributed by atoms with van der Waals surface area (Å²) in [6, 6.07) is 32.9. The minimum Gasteiger partial charge on any atom is -0.309 e. The first kappa shape index (κ1) is 29.9. The number of nitrogens with zero attached hydrogens (tertiary/aromatic N) is 2. The van der Waals surface area contributed by atoms with Gasteiger partial charge < -0.3 is 9.80 Å². The number of amides is 1. The molecule has 212 valence electrons. The summed E-state index contributed by atoms with van der Waals surface area (Å²) in [6.45, 7) is 3.57. The minimum absolute atomic E-state index is 0.0399. The number of carbonyl (C=O) groups is 1. The molecule has 41 heavy (non-hydrogen) atoms. The summed E-state index contributed by atoms with van der Waals surface area (Å²) in [5, 5.41) is 0. The molecule has 1 unspecified atom stereocenters. The number of benzene rings is 4. The van der Waals surface area contributed by atoms with Crippen molar-refractivity contribution in [2.75, 3.05) is 32.1 Å². The lowest BCUT2D eigenvalue weighted by Crippen LogP contribution is -2.42. The summed E-state index contributed by atoms with van der Waals surface area (Å²) < 4.78 is 29.6. The van der Waals surface area contributed by atoms with E-state index in [1.165, 1.54) is 28.8 Å². The molecule has 6 nitrogen and oxygen atoms in total. The van der Waals surface area contributed by atoms with Crippen LogP contribution in [0.2, 0.25) is 0 Å². The van der Waals surface area contributed by atoms with Crippen molar-refractivity contribution in [2.45, 2.75) is 18.2 Å². The largest absolute Gasteiger partial charge is 0.309 e. The quantitative estimate of drug-likeness (QED) is 0.216. The molecule has 0 saturated carbocycles. The smallest absolute Gasteiger partial charge is 0.294 e. The lowest BCUT2D eigenvalue weighted by atomic mass is 9.92. The van der Waals surface area contributed by atoms with Crippen LogP contribution in [0.3, 0.4) is 0 Å². The molecule has 0 radical (unpaired) electrons. The molecule has 0 bridgehead atoms. The van der Waals surface area contributed by atoms with Crippen LogP contribution in [0, 0.1) is 12.8 Å². The molecular formula is C34H36N2O4S. The van der Waals surface area contributed by atoms with Crippen LogP contribution < -0.4 is 4.90 Å². The van der Waals surface area contributed by atoms with Crippen molar-refractivity contribution in [1.82, 2.24) is 4.90 Å². The van der Waals surface area contributed by atoms with Gasteiger partial charge in [0.15, 0.2) is 0 Å². The molecule has 0 fully saturated rings. The molecule has 7 heteroatoms. The predicted octanol–water partition coefficient (Wildman–Crippen LogP) is 6.38. The molecule has 1 aliphatic rings. The van der Waals surface area contributed by atoms with Crippen LogP contribution in [0.4, 0.5) is 5.69 Å². The Balaban J connectivity index is 0.000000296. The summed E-state index contributed by atoms with van der Waals surface area (Å²) in [7, 11) is 0.158. The highest BCUT2D eigenvalue weighted by Gasteiger charge is 2.27. The van der Waals surface area contributed by atoms with Gasteiger partial charge in [-0.3, -0.25) is 9.35 Å². The topological polar surface area (TPSA) is 77.9 Å². The van der Waals surface area contributed by atoms with Gasteiger partial charge in [-0.2, -0.15) is 8.42 Å². The average Bonchev–Trinajstić information content (AvgIpc) is 2.96. The van der Waals surface area contributed by atoms with Gasteiger partial charge in [0.2, 0.25) is 0 Å². The molecule has 0 aromatic heterocycles. The zero-order valence-corrected chi connectivity index (χ0v) is 24.5. The number of fused-ring (bicyclic) bond motifs is 1. The Labute approximate surface area is 243 Å². The van der Waals surface area contributed by atoms with Gasteiger partial charge in [-0.1, -0.05) is 90.5 Å². The molecule has 5 rings (SSSR count). The van der Waals surface area contributed by atoms with E-state index in [9.17, 15) is 13.2 Å². The highest BCUT2D eigenvalue weighted by Crippen LogP contribution is 2.30. The molecule has 1 N–H and O–H groups in total. The van der Waals surface area contributed by atoms with E-state index in [1.54, 1.807) is 18.2 Å². The van der Waals surface area contributed by atoms with E-state index in [1.807, 2.05) is 42.2 Å². The fourth-order valence-electron chi connectivity index (χ4n) is 4.91. The van der Waals surface area contributed by atoms with Crippen LogP contribution in [0.25, 0.3) is 17.2 Å². The molecule has 1 atom stereocenters. The highest BCUT2D eigenvalue weighted by molar-refractivity contribution is 7.85. The third-order valence-electron chi connectivity index (χ3n) is 6.88. The normalized spacial score (nSPS) is 14.9. The number of anilines is 1. The maximum Gasteiger partial charge on any atom is 0.294 e. The fourth-order valence-corrected chi connectivity index (χ4v) is 5.39. The van der Waals surface area contributed by atoms with Crippen molar-refractivity contribution in [3.63, 3.8) is 0 Å². The first-order chi connectivity index (χ1) is 19.6. The fraction of sp³-hybridized carbons (Fsp3) is 0.206. The van der Waals surface area contributed by atoms with E-state index in [0.717, 1.165) is 36.3 Å². The average molecular weight is 569 g/mol. The monoisotopic (exact) mass is 568 g/mol. The van der Waals surface area contributed by atoms with E-state index >= 15 is 0 Å². The molecule has 0 aliphatic carbocycles. The Hall–Kier alpha value is -4.04. The maximum absolute atomic E-state index is 13.1. The Kier molecular flexibility index (Phi) is 9.89. The molecule has 1 heterocycles. The Morgan fingerprint density at radius 2 is 1.49 bits per heavy atom. The Bertz CT molecular complexity index is 1580. The van der Waals surface area contributed by atoms with Crippen molar-refractivity contribution in [3.8, 4) is 11.1 Å². The number of hydrogen-bond donors (Lipinski definition) is 1. The lowest BCUT2D eigenvalue weighted by molar-refractivity contribution is -0.114. The minimum atomic E-state index is -4.02. The number of aryl methyl sites for hydroxylation is 1. The van der Waals surface area contributed by atoms with Gasteiger partial charge >= 0.3 is 0 Å². The van der Waals surface area contributed by atoms with Crippen molar-refractivity contribution < 1.29 is 17.8 Å². The Morgan fingerprint density at radius 1 is 0.878 bits per heavy atom. The van der Waals surface area contributed by atoms with Gasteiger partial charge in [-0.05, 0) is 79.9 Å². The summed E-state index contributed by atoms with van der Waals surface area (Å²) in [6.07, 6.45) is 4.63. The van der Waals surface area contributed by atoms with Crippen LogP contribution in [-0.2, 0) is 21.3 Å². The Morgan fingerprint density at radius 3 is 2.12 bits per heavy atom. The van der Waals surface area contributed by atoms with Gasteiger partial charge in [0.05, 0.1) is 4.90 Å². The first-order valence-electron chi connectivity index (χ1n) is 13.5. The third-order valence-corrected chi connectivity index (χ3v) is 7.74. The predicted molar refractivity (Wildman–Crippen MR) is 166 cm³/mol. The van der Waals surface area contributed by atoms with Gasteiger partial charge in [-0.15, -0.1) is 0 Å². The summed E-state index contributed by atoms with van der Waals surface area (Å²) in [4.78, 5) is 17.1. The lowest BCUT2D eigenvalue weighted by Gasteiger charge is -2.35. The van der Waals surface area contributed by atoms with Crippen molar-refractivity contribution >= 4 is 27.8 Å². The maximum atomic E-state index is 13.1. The number of para-hydroxylation sites is 1. The molecule has 4 aromatic rings. The number of hydrogen-bond acceptors (Lipinski definition) is 4. The standard InChI is InChI=1S/C27H28N2O.C7H8O3S/c1-28(2)19-22-18-25-10-6-7-11-26(25)29(20-22)27(30)17-14-21-12-15-24(16-13-21)23-8-4-3-5-9-23;1-6-2-4-7(5-3-6)11(8,9)10/h3-17,22H,18-20H2,1-2H3;2-5H,1H3,(H,8,9,10)/b17-14+;. The first-order valence-corrected chi connectivity index (χ1v) is 15.0. The molecule has 1 aliphatic heterocycles. The second-order valence-electron chi connectivity index (χ2n) is 10.5. The zero-order chi connectivity index (χ0) is 29.4.